The minimum atomic E-state index is -2.05. The summed E-state index contributed by atoms with van der Waals surface area (Å²) in [7, 11) is -2.68. The van der Waals surface area contributed by atoms with E-state index in [-0.39, 0.29) is 10.9 Å². The average molecular weight is 352 g/mol. The molecule has 1 saturated heterocycles. The van der Waals surface area contributed by atoms with E-state index < -0.39 is 26.6 Å². The third-order valence-electron chi connectivity index (χ3n) is 5.65. The maximum atomic E-state index is 13.9. The van der Waals surface area contributed by atoms with Crippen LogP contribution in [0.15, 0.2) is 18.2 Å². The van der Waals surface area contributed by atoms with E-state index in [9.17, 15) is 4.39 Å². The molecule has 1 fully saturated rings. The molecule has 1 aromatic carbocycles. The molecule has 0 radical (unpaired) electrons. The maximum Gasteiger partial charge on any atom is 0.498 e. The van der Waals surface area contributed by atoms with E-state index in [1.54, 1.807) is 6.07 Å². The lowest BCUT2D eigenvalue weighted by atomic mass is 9.78. The van der Waals surface area contributed by atoms with Crippen molar-refractivity contribution in [1.82, 2.24) is 0 Å². The molecule has 0 saturated carbocycles. The SMILES string of the molecule is CC1(C)OB(c2cc(F)ccc2O[Si](C)(C)C(C)(C)C)OC1(C)C. The Morgan fingerprint density at radius 1 is 1.04 bits per heavy atom. The van der Waals surface area contributed by atoms with Gasteiger partial charge in [-0.1, -0.05) is 20.8 Å². The summed E-state index contributed by atoms with van der Waals surface area (Å²) < 4.78 is 32.5. The summed E-state index contributed by atoms with van der Waals surface area (Å²) in [5, 5.41) is 0.0502. The molecule has 1 aliphatic heterocycles. The first-order valence-corrected chi connectivity index (χ1v) is 11.4. The van der Waals surface area contributed by atoms with Crippen molar-refractivity contribution in [3.05, 3.63) is 24.0 Å². The standard InChI is InChI=1S/C18H30BFO3Si/c1-16(2,3)24(8,9)21-15-11-10-13(20)12-14(15)19-22-17(4,5)18(6,7)23-19/h10-12H,1-9H3. The highest BCUT2D eigenvalue weighted by Crippen LogP contribution is 2.39. The Hall–Kier alpha value is -0.848. The second-order valence-corrected chi connectivity index (χ2v) is 13.9. The molecule has 0 amide bonds. The van der Waals surface area contributed by atoms with Crippen molar-refractivity contribution in [3.63, 3.8) is 0 Å². The molecule has 0 bridgehead atoms. The fourth-order valence-electron chi connectivity index (χ4n) is 2.19. The summed E-state index contributed by atoms with van der Waals surface area (Å²) in [6, 6.07) is 4.58. The normalized spacial score (nSPS) is 20.3. The van der Waals surface area contributed by atoms with E-state index in [0.29, 0.717) is 11.2 Å². The molecule has 0 N–H and O–H groups in total. The summed E-state index contributed by atoms with van der Waals surface area (Å²) in [5.41, 5.74) is -0.324. The zero-order valence-corrected chi connectivity index (χ0v) is 17.4. The van der Waals surface area contributed by atoms with Gasteiger partial charge < -0.3 is 13.7 Å². The van der Waals surface area contributed by atoms with Gasteiger partial charge in [0.15, 0.2) is 0 Å². The molecule has 1 heterocycles. The Morgan fingerprint density at radius 3 is 2.00 bits per heavy atom. The predicted molar refractivity (Wildman–Crippen MR) is 99.9 cm³/mol. The van der Waals surface area contributed by atoms with Gasteiger partial charge in [-0.25, -0.2) is 4.39 Å². The van der Waals surface area contributed by atoms with E-state index in [4.69, 9.17) is 13.7 Å². The molecule has 0 atom stereocenters. The van der Waals surface area contributed by atoms with Crippen molar-refractivity contribution in [2.24, 2.45) is 0 Å². The average Bonchev–Trinajstić information content (AvgIpc) is 2.59. The molecular weight excluding hydrogens is 322 g/mol. The van der Waals surface area contributed by atoms with Crippen molar-refractivity contribution in [2.75, 3.05) is 0 Å². The van der Waals surface area contributed by atoms with Crippen molar-refractivity contribution in [3.8, 4) is 5.75 Å². The predicted octanol–water partition coefficient (Wildman–Crippen LogP) is 4.51. The number of halogens is 1. The highest BCUT2D eigenvalue weighted by atomic mass is 28.4. The Bertz CT molecular complexity index is 607. The summed E-state index contributed by atoms with van der Waals surface area (Å²) in [6.07, 6.45) is 0. The zero-order chi connectivity index (χ0) is 18.6. The van der Waals surface area contributed by atoms with Crippen molar-refractivity contribution in [1.29, 1.82) is 0 Å². The molecule has 3 nitrogen and oxygen atoms in total. The van der Waals surface area contributed by atoms with Crippen LogP contribution in [0.25, 0.3) is 0 Å². The monoisotopic (exact) mass is 352 g/mol. The van der Waals surface area contributed by atoms with Gasteiger partial charge in [0.05, 0.1) is 11.2 Å². The summed E-state index contributed by atoms with van der Waals surface area (Å²) in [6.45, 7) is 18.8. The van der Waals surface area contributed by atoms with Crippen molar-refractivity contribution < 1.29 is 18.1 Å². The lowest BCUT2D eigenvalue weighted by Crippen LogP contribution is -2.46. The summed E-state index contributed by atoms with van der Waals surface area (Å²) in [5.74, 6) is 0.337. The smallest absolute Gasteiger partial charge is 0.498 e. The molecule has 1 aromatic rings. The van der Waals surface area contributed by atoms with Crippen LogP contribution in [0.3, 0.4) is 0 Å². The van der Waals surface area contributed by atoms with Gasteiger partial charge in [0, 0.05) is 5.46 Å². The quantitative estimate of drug-likeness (QED) is 0.749. The number of hydrogen-bond donors (Lipinski definition) is 0. The van der Waals surface area contributed by atoms with E-state index in [1.807, 2.05) is 27.7 Å². The van der Waals surface area contributed by atoms with Crippen molar-refractivity contribution >= 4 is 20.9 Å². The molecule has 24 heavy (non-hydrogen) atoms. The van der Waals surface area contributed by atoms with Gasteiger partial charge in [-0.3, -0.25) is 0 Å². The van der Waals surface area contributed by atoms with Gasteiger partial charge in [-0.15, -0.1) is 0 Å². The van der Waals surface area contributed by atoms with Crippen LogP contribution in [-0.2, 0) is 9.31 Å². The van der Waals surface area contributed by atoms with Crippen LogP contribution in [0.2, 0.25) is 18.1 Å². The number of hydrogen-bond acceptors (Lipinski definition) is 3. The lowest BCUT2D eigenvalue weighted by Gasteiger charge is -2.37. The first-order valence-electron chi connectivity index (χ1n) is 8.50. The van der Waals surface area contributed by atoms with Crippen LogP contribution in [0.5, 0.6) is 5.75 Å². The van der Waals surface area contributed by atoms with Gasteiger partial charge in [0.1, 0.15) is 11.6 Å². The van der Waals surface area contributed by atoms with Crippen LogP contribution < -0.4 is 9.89 Å². The Balaban J connectivity index is 2.40. The van der Waals surface area contributed by atoms with E-state index in [1.165, 1.54) is 12.1 Å². The molecule has 134 valence electrons. The molecule has 0 unspecified atom stereocenters. The summed E-state index contributed by atoms with van der Waals surface area (Å²) in [4.78, 5) is 0. The first-order chi connectivity index (χ1) is 10.7. The molecule has 0 aliphatic carbocycles. The maximum absolute atomic E-state index is 13.9. The van der Waals surface area contributed by atoms with Crippen LogP contribution in [0.1, 0.15) is 48.5 Å². The largest absolute Gasteiger partial charge is 0.544 e. The van der Waals surface area contributed by atoms with Gasteiger partial charge in [0.25, 0.3) is 0 Å². The highest BCUT2D eigenvalue weighted by Gasteiger charge is 2.53. The molecule has 1 aliphatic rings. The molecule has 0 spiro atoms. The fraction of sp³-hybridized carbons (Fsp3) is 0.667. The van der Waals surface area contributed by atoms with Crippen LogP contribution >= 0.6 is 0 Å². The lowest BCUT2D eigenvalue weighted by molar-refractivity contribution is 0.00578. The minimum absolute atomic E-state index is 0.0502. The minimum Gasteiger partial charge on any atom is -0.544 e. The molecule has 6 heteroatoms. The number of rotatable bonds is 3. The Labute approximate surface area is 147 Å². The Morgan fingerprint density at radius 2 is 1.54 bits per heavy atom. The van der Waals surface area contributed by atoms with Gasteiger partial charge >= 0.3 is 7.12 Å². The number of benzene rings is 1. The highest BCUT2D eigenvalue weighted by molar-refractivity contribution is 6.75. The molecule has 0 aromatic heterocycles. The first kappa shape index (κ1) is 19.5. The van der Waals surface area contributed by atoms with Crippen LogP contribution in [0, 0.1) is 5.82 Å². The third-order valence-corrected chi connectivity index (χ3v) is 9.99. The molecule has 2 rings (SSSR count). The van der Waals surface area contributed by atoms with E-state index >= 15 is 0 Å². The zero-order valence-electron chi connectivity index (χ0n) is 16.4. The molecular formula is C18H30BFO3Si. The topological polar surface area (TPSA) is 27.7 Å². The summed E-state index contributed by atoms with van der Waals surface area (Å²) >= 11 is 0. The second kappa shape index (κ2) is 5.85. The fourth-order valence-corrected chi connectivity index (χ4v) is 3.24. The van der Waals surface area contributed by atoms with E-state index in [2.05, 4.69) is 33.9 Å². The third kappa shape index (κ3) is 3.56. The van der Waals surface area contributed by atoms with Crippen molar-refractivity contribution in [2.45, 2.75) is 77.8 Å². The van der Waals surface area contributed by atoms with Crippen LogP contribution in [-0.4, -0.2) is 26.6 Å². The van der Waals surface area contributed by atoms with Gasteiger partial charge in [0.2, 0.25) is 8.32 Å². The van der Waals surface area contributed by atoms with Gasteiger partial charge in [-0.2, -0.15) is 0 Å². The van der Waals surface area contributed by atoms with Gasteiger partial charge in [-0.05, 0) is 64.0 Å². The Kier molecular flexibility index (Phi) is 4.75. The van der Waals surface area contributed by atoms with Crippen LogP contribution in [0.4, 0.5) is 4.39 Å². The second-order valence-electron chi connectivity index (χ2n) is 9.13. The van der Waals surface area contributed by atoms with E-state index in [0.717, 1.165) is 0 Å².